The first-order valence-corrected chi connectivity index (χ1v) is 16.4. The SMILES string of the molecule is Cl.NCCCCCOc1cccc2ccccc12.O=C(NCCCCCOc1cccc2ccccc12)C1CCc2nc[nH]c2C1. The van der Waals surface area contributed by atoms with E-state index in [4.69, 9.17) is 15.2 Å². The molecule has 0 saturated heterocycles. The van der Waals surface area contributed by atoms with Crippen LogP contribution >= 0.6 is 12.4 Å². The minimum Gasteiger partial charge on any atom is -0.493 e. The molecule has 1 aliphatic carbocycles. The number of halogens is 1. The summed E-state index contributed by atoms with van der Waals surface area (Å²) >= 11 is 0. The summed E-state index contributed by atoms with van der Waals surface area (Å²) in [7, 11) is 0. The van der Waals surface area contributed by atoms with Crippen molar-refractivity contribution < 1.29 is 14.3 Å². The lowest BCUT2D eigenvalue weighted by Crippen LogP contribution is -2.34. The van der Waals surface area contributed by atoms with Crippen molar-refractivity contribution in [2.75, 3.05) is 26.3 Å². The van der Waals surface area contributed by atoms with Gasteiger partial charge in [0, 0.05) is 35.3 Å². The van der Waals surface area contributed by atoms with Gasteiger partial charge in [-0.15, -0.1) is 12.4 Å². The molecule has 0 spiro atoms. The number of hydrogen-bond donors (Lipinski definition) is 3. The number of nitrogens with one attached hydrogen (secondary N) is 2. The van der Waals surface area contributed by atoms with Crippen molar-refractivity contribution in [1.29, 1.82) is 0 Å². The molecule has 0 bridgehead atoms. The third-order valence-corrected chi connectivity index (χ3v) is 8.34. The van der Waals surface area contributed by atoms with Gasteiger partial charge in [-0.3, -0.25) is 4.79 Å². The Balaban J connectivity index is 0.000000230. The second-order valence-corrected chi connectivity index (χ2v) is 11.6. The zero-order chi connectivity index (χ0) is 31.1. The lowest BCUT2D eigenvalue weighted by atomic mass is 9.89. The van der Waals surface area contributed by atoms with Crippen LogP contribution in [-0.2, 0) is 17.6 Å². The number of carbonyl (C=O) groups is 1. The molecule has 0 radical (unpaired) electrons. The van der Waals surface area contributed by atoms with Crippen molar-refractivity contribution in [2.45, 2.75) is 57.8 Å². The van der Waals surface area contributed by atoms with Crippen LogP contribution in [0.1, 0.15) is 56.3 Å². The van der Waals surface area contributed by atoms with Crippen LogP contribution in [0.5, 0.6) is 11.5 Å². The number of rotatable bonds is 14. The molecule has 4 N–H and O–H groups in total. The maximum absolute atomic E-state index is 12.4. The largest absolute Gasteiger partial charge is 0.493 e. The van der Waals surface area contributed by atoms with E-state index >= 15 is 0 Å². The predicted octanol–water partition coefficient (Wildman–Crippen LogP) is 7.80. The minimum absolute atomic E-state index is 0. The van der Waals surface area contributed by atoms with Gasteiger partial charge in [-0.25, -0.2) is 4.98 Å². The number of amides is 1. The Labute approximate surface area is 278 Å². The summed E-state index contributed by atoms with van der Waals surface area (Å²) in [5.41, 5.74) is 7.70. The third-order valence-electron chi connectivity index (χ3n) is 8.34. The number of nitrogens with zero attached hydrogens (tertiary/aromatic N) is 1. The molecule has 0 saturated carbocycles. The van der Waals surface area contributed by atoms with E-state index in [2.05, 4.69) is 51.7 Å². The number of carbonyl (C=O) groups excluding carboxylic acids is 1. The van der Waals surface area contributed by atoms with E-state index in [-0.39, 0.29) is 24.2 Å². The molecule has 46 heavy (non-hydrogen) atoms. The van der Waals surface area contributed by atoms with Crippen LogP contribution < -0.4 is 20.5 Å². The molecule has 0 aliphatic heterocycles. The van der Waals surface area contributed by atoms with Crippen LogP contribution in [0.15, 0.2) is 91.3 Å². The smallest absolute Gasteiger partial charge is 0.223 e. The fourth-order valence-electron chi connectivity index (χ4n) is 5.82. The lowest BCUT2D eigenvalue weighted by Gasteiger charge is -2.20. The van der Waals surface area contributed by atoms with E-state index < -0.39 is 0 Å². The topological polar surface area (TPSA) is 102 Å². The van der Waals surface area contributed by atoms with Crippen LogP contribution in [0.4, 0.5) is 0 Å². The molecule has 5 aromatic rings. The number of unbranched alkanes of at least 4 members (excludes halogenated alkanes) is 4. The van der Waals surface area contributed by atoms with Gasteiger partial charge in [0.15, 0.2) is 0 Å². The van der Waals surface area contributed by atoms with Gasteiger partial charge in [0.2, 0.25) is 5.91 Å². The first kappa shape index (κ1) is 34.8. The van der Waals surface area contributed by atoms with Gasteiger partial charge >= 0.3 is 0 Å². The van der Waals surface area contributed by atoms with E-state index in [0.29, 0.717) is 6.61 Å². The summed E-state index contributed by atoms with van der Waals surface area (Å²) in [4.78, 5) is 19.8. The molecule has 7 nitrogen and oxygen atoms in total. The van der Waals surface area contributed by atoms with Crippen LogP contribution in [-0.4, -0.2) is 42.2 Å². The maximum atomic E-state index is 12.4. The number of aromatic nitrogens is 2. The number of H-pyrrole nitrogens is 1. The van der Waals surface area contributed by atoms with Crippen LogP contribution in [0, 0.1) is 5.92 Å². The molecule has 8 heteroatoms. The highest BCUT2D eigenvalue weighted by molar-refractivity contribution is 5.89. The minimum atomic E-state index is 0. The summed E-state index contributed by atoms with van der Waals surface area (Å²) < 4.78 is 11.8. The van der Waals surface area contributed by atoms with Crippen LogP contribution in [0.25, 0.3) is 21.5 Å². The van der Waals surface area contributed by atoms with Gasteiger partial charge in [0.05, 0.1) is 25.2 Å². The Bertz CT molecular complexity index is 1630. The van der Waals surface area contributed by atoms with E-state index in [9.17, 15) is 4.79 Å². The highest BCUT2D eigenvalue weighted by Crippen LogP contribution is 2.27. The van der Waals surface area contributed by atoms with Gasteiger partial charge in [-0.2, -0.15) is 0 Å². The van der Waals surface area contributed by atoms with Crippen LogP contribution in [0.2, 0.25) is 0 Å². The molecule has 4 aromatic carbocycles. The third kappa shape index (κ3) is 9.96. The molecule has 1 atom stereocenters. The van der Waals surface area contributed by atoms with Gasteiger partial charge in [-0.05, 0) is 80.8 Å². The van der Waals surface area contributed by atoms with Crippen LogP contribution in [0.3, 0.4) is 0 Å². The van der Waals surface area contributed by atoms with E-state index in [1.807, 2.05) is 48.5 Å². The average Bonchev–Trinajstić information content (AvgIpc) is 3.56. The molecule has 1 amide bonds. The molecular formula is C38H47ClN4O3. The van der Waals surface area contributed by atoms with Crippen molar-refractivity contribution in [3.63, 3.8) is 0 Å². The number of nitrogens with two attached hydrogens (primary N) is 1. The molecule has 1 heterocycles. The molecular weight excluding hydrogens is 596 g/mol. The molecule has 1 unspecified atom stereocenters. The Morgan fingerprint density at radius 2 is 1.37 bits per heavy atom. The van der Waals surface area contributed by atoms with Gasteiger partial charge in [-0.1, -0.05) is 72.8 Å². The van der Waals surface area contributed by atoms with E-state index in [0.717, 1.165) is 106 Å². The molecule has 1 aliphatic rings. The second kappa shape index (κ2) is 18.8. The highest BCUT2D eigenvalue weighted by atomic mass is 35.5. The number of ether oxygens (including phenoxy) is 2. The summed E-state index contributed by atoms with van der Waals surface area (Å²) in [6.45, 7) is 2.98. The molecule has 6 rings (SSSR count). The predicted molar refractivity (Wildman–Crippen MR) is 190 cm³/mol. The quantitative estimate of drug-likeness (QED) is 0.107. The monoisotopic (exact) mass is 642 g/mol. The second-order valence-electron chi connectivity index (χ2n) is 11.6. The van der Waals surface area contributed by atoms with Gasteiger partial charge < -0.3 is 25.5 Å². The van der Waals surface area contributed by atoms with Gasteiger partial charge in [0.1, 0.15) is 11.5 Å². The average molecular weight is 643 g/mol. The van der Waals surface area contributed by atoms with Gasteiger partial charge in [0.25, 0.3) is 0 Å². The fourth-order valence-corrected chi connectivity index (χ4v) is 5.82. The molecule has 1 aromatic heterocycles. The summed E-state index contributed by atoms with van der Waals surface area (Å²) in [5.74, 6) is 2.17. The summed E-state index contributed by atoms with van der Waals surface area (Å²) in [6, 6.07) is 28.9. The zero-order valence-corrected chi connectivity index (χ0v) is 27.4. The van der Waals surface area contributed by atoms with E-state index in [1.165, 1.54) is 16.2 Å². The Kier molecular flexibility index (Phi) is 14.2. The molecule has 244 valence electrons. The van der Waals surface area contributed by atoms with Crippen molar-refractivity contribution in [3.05, 3.63) is 103 Å². The Hall–Kier alpha value is -4.07. The number of hydrogen-bond acceptors (Lipinski definition) is 5. The first-order valence-electron chi connectivity index (χ1n) is 16.4. The number of benzene rings is 4. The number of aryl methyl sites for hydroxylation is 1. The van der Waals surface area contributed by atoms with Crippen molar-refractivity contribution in [2.24, 2.45) is 11.7 Å². The Morgan fingerprint density at radius 1 is 0.783 bits per heavy atom. The fraction of sp³-hybridized carbons (Fsp3) is 0.368. The van der Waals surface area contributed by atoms with Crippen molar-refractivity contribution >= 4 is 39.9 Å². The normalized spacial score (nSPS) is 13.6. The summed E-state index contributed by atoms with van der Waals surface area (Å²) in [6.07, 6.45) is 10.6. The van der Waals surface area contributed by atoms with Crippen molar-refractivity contribution in [1.82, 2.24) is 15.3 Å². The molecule has 0 fully saturated rings. The maximum Gasteiger partial charge on any atom is 0.223 e. The van der Waals surface area contributed by atoms with E-state index in [1.54, 1.807) is 6.33 Å². The number of imidazole rings is 1. The lowest BCUT2D eigenvalue weighted by molar-refractivity contribution is -0.125. The first-order chi connectivity index (χ1) is 22.2. The number of fused-ring (bicyclic) bond motifs is 3. The highest BCUT2D eigenvalue weighted by Gasteiger charge is 2.25. The Morgan fingerprint density at radius 3 is 2.00 bits per heavy atom. The zero-order valence-electron chi connectivity index (χ0n) is 26.6. The summed E-state index contributed by atoms with van der Waals surface area (Å²) in [5, 5.41) is 7.87. The van der Waals surface area contributed by atoms with Crippen molar-refractivity contribution in [3.8, 4) is 11.5 Å². The standard InChI is InChI=1S/C23H27N3O2.C15H19NO.ClH/c27-23(18-11-12-20-21(15-18)26-16-25-20)24-13-4-1-5-14-28-22-10-6-8-17-7-2-3-9-19(17)22;16-11-4-1-5-12-17-15-10-6-8-13-7-2-3-9-14(13)15;/h2-3,6-10,16,18H,1,4-5,11-15H2,(H,24,27)(H,25,26);2-3,6-10H,1,4-5,11-12,16H2;1H. The number of aromatic amines is 1.